The Morgan fingerprint density at radius 3 is 2.52 bits per heavy atom. The summed E-state index contributed by atoms with van der Waals surface area (Å²) in [5.74, 6) is 1.33. The van der Waals surface area contributed by atoms with E-state index in [1.165, 1.54) is 5.56 Å². The zero-order valence-electron chi connectivity index (χ0n) is 17.3. The summed E-state index contributed by atoms with van der Waals surface area (Å²) in [6.45, 7) is 5.11. The van der Waals surface area contributed by atoms with Crippen LogP contribution in [0.5, 0.6) is 11.5 Å². The monoisotopic (exact) mass is 418 g/mol. The van der Waals surface area contributed by atoms with Gasteiger partial charge in [-0.15, -0.1) is 0 Å². The van der Waals surface area contributed by atoms with Crippen LogP contribution in [0.1, 0.15) is 17.2 Å². The van der Waals surface area contributed by atoms with Gasteiger partial charge in [-0.25, -0.2) is 4.79 Å². The predicted molar refractivity (Wildman–Crippen MR) is 116 cm³/mol. The Balaban J connectivity index is 1.53. The van der Waals surface area contributed by atoms with Crippen LogP contribution in [0.2, 0.25) is 0 Å². The lowest BCUT2D eigenvalue weighted by molar-refractivity contribution is 0.111. The van der Waals surface area contributed by atoms with E-state index < -0.39 is 0 Å². The first kappa shape index (κ1) is 21.4. The lowest BCUT2D eigenvalue weighted by Crippen LogP contribution is -2.49. The van der Waals surface area contributed by atoms with E-state index in [0.29, 0.717) is 24.6 Å². The number of hydrogen-bond acceptors (Lipinski definition) is 6. The number of nitrogens with one attached hydrogen (secondary N) is 2. The molecular weight excluding hydrogens is 388 g/mol. The highest BCUT2D eigenvalue weighted by Crippen LogP contribution is 2.27. The number of ether oxygens (including phenoxy) is 2. The van der Waals surface area contributed by atoms with Crippen molar-refractivity contribution in [1.29, 1.82) is 0 Å². The van der Waals surface area contributed by atoms with Gasteiger partial charge in [0.1, 0.15) is 0 Å². The molecule has 0 spiro atoms. The molecule has 7 nitrogen and oxygen atoms in total. The first-order valence-electron chi connectivity index (χ1n) is 9.78. The number of thiophene rings is 1. The van der Waals surface area contributed by atoms with E-state index >= 15 is 0 Å². The number of urea groups is 1. The average Bonchev–Trinajstić information content (AvgIpc) is 3.28. The maximum absolute atomic E-state index is 12.4. The van der Waals surface area contributed by atoms with Crippen LogP contribution in [0.25, 0.3) is 0 Å². The predicted octanol–water partition coefficient (Wildman–Crippen LogP) is 2.55. The second-order valence-corrected chi connectivity index (χ2v) is 7.94. The summed E-state index contributed by atoms with van der Waals surface area (Å²) in [5, 5.41) is 10.2. The molecular formula is C21H30N4O3S. The number of piperazine rings is 1. The fourth-order valence-corrected chi connectivity index (χ4v) is 4.19. The Morgan fingerprint density at radius 2 is 1.86 bits per heavy atom. The standard InChI is InChI=1S/C21H30N4O3S/c1-24-7-9-25(10-8-24)18(17-6-11-29-15-17)14-23-21(26)22-13-16-4-5-19(27-2)20(12-16)28-3/h4-6,11-12,15,18H,7-10,13-14H2,1-3H3,(H2,22,23,26)/t18-/m0/s1. The third kappa shape index (κ3) is 5.85. The lowest BCUT2D eigenvalue weighted by atomic mass is 10.1. The van der Waals surface area contributed by atoms with Gasteiger partial charge in [0, 0.05) is 39.3 Å². The van der Waals surface area contributed by atoms with Crippen molar-refractivity contribution in [1.82, 2.24) is 20.4 Å². The van der Waals surface area contributed by atoms with Gasteiger partial charge in [0.15, 0.2) is 11.5 Å². The SMILES string of the molecule is COc1ccc(CNC(=O)NC[C@@H](c2ccsc2)N2CCN(C)CC2)cc1OC. The normalized spacial score (nSPS) is 16.2. The molecule has 1 atom stereocenters. The summed E-state index contributed by atoms with van der Waals surface area (Å²) < 4.78 is 10.6. The van der Waals surface area contributed by atoms with E-state index in [9.17, 15) is 4.79 Å². The summed E-state index contributed by atoms with van der Waals surface area (Å²) in [5.41, 5.74) is 2.21. The van der Waals surface area contributed by atoms with Crippen LogP contribution in [0.4, 0.5) is 4.79 Å². The third-order valence-corrected chi connectivity index (χ3v) is 5.97. The minimum Gasteiger partial charge on any atom is -0.493 e. The highest BCUT2D eigenvalue weighted by Gasteiger charge is 2.24. The Kier molecular flexibility index (Phi) is 7.74. The number of carbonyl (C=O) groups excluding carboxylic acids is 1. The molecule has 1 aromatic heterocycles. The van der Waals surface area contributed by atoms with Gasteiger partial charge in [0.2, 0.25) is 0 Å². The van der Waals surface area contributed by atoms with Crippen molar-refractivity contribution in [2.75, 3.05) is 54.0 Å². The molecule has 0 aliphatic carbocycles. The highest BCUT2D eigenvalue weighted by molar-refractivity contribution is 7.07. The second kappa shape index (κ2) is 10.5. The molecule has 0 bridgehead atoms. The van der Waals surface area contributed by atoms with Crippen LogP contribution < -0.4 is 20.1 Å². The van der Waals surface area contributed by atoms with Crippen LogP contribution in [0.15, 0.2) is 35.0 Å². The maximum atomic E-state index is 12.4. The summed E-state index contributed by atoms with van der Waals surface area (Å²) in [6.07, 6.45) is 0. The molecule has 0 unspecified atom stereocenters. The third-order valence-electron chi connectivity index (χ3n) is 5.26. The van der Waals surface area contributed by atoms with Crippen molar-refractivity contribution in [2.24, 2.45) is 0 Å². The minimum absolute atomic E-state index is 0.172. The number of methoxy groups -OCH3 is 2. The zero-order chi connectivity index (χ0) is 20.6. The number of nitrogens with zero attached hydrogens (tertiary/aromatic N) is 2. The largest absolute Gasteiger partial charge is 0.493 e. The fraction of sp³-hybridized carbons (Fsp3) is 0.476. The Hall–Kier alpha value is -2.29. The summed E-state index contributed by atoms with van der Waals surface area (Å²) in [6, 6.07) is 7.80. The van der Waals surface area contributed by atoms with Crippen molar-refractivity contribution in [3.63, 3.8) is 0 Å². The summed E-state index contributed by atoms with van der Waals surface area (Å²) in [4.78, 5) is 17.2. The molecule has 0 saturated carbocycles. The number of carbonyl (C=O) groups is 1. The van der Waals surface area contributed by atoms with Crippen LogP contribution in [0.3, 0.4) is 0 Å². The number of hydrogen-bond donors (Lipinski definition) is 2. The Morgan fingerprint density at radius 1 is 1.10 bits per heavy atom. The molecule has 29 heavy (non-hydrogen) atoms. The maximum Gasteiger partial charge on any atom is 0.315 e. The lowest BCUT2D eigenvalue weighted by Gasteiger charge is -2.38. The molecule has 1 aromatic carbocycles. The van der Waals surface area contributed by atoms with Gasteiger partial charge in [0.25, 0.3) is 0 Å². The molecule has 1 saturated heterocycles. The van der Waals surface area contributed by atoms with Crippen LogP contribution in [0, 0.1) is 0 Å². The molecule has 2 amide bonds. The van der Waals surface area contributed by atoms with Crippen LogP contribution in [-0.4, -0.2) is 69.8 Å². The molecule has 8 heteroatoms. The smallest absolute Gasteiger partial charge is 0.315 e. The van der Waals surface area contributed by atoms with Gasteiger partial charge in [-0.2, -0.15) is 11.3 Å². The molecule has 2 aromatic rings. The molecule has 2 N–H and O–H groups in total. The second-order valence-electron chi connectivity index (χ2n) is 7.16. The van der Waals surface area contributed by atoms with Crippen molar-refractivity contribution >= 4 is 17.4 Å². The fourth-order valence-electron chi connectivity index (χ4n) is 3.48. The van der Waals surface area contributed by atoms with Gasteiger partial charge < -0.3 is 25.0 Å². The van der Waals surface area contributed by atoms with E-state index in [2.05, 4.69) is 44.3 Å². The Bertz CT molecular complexity index is 776. The van der Waals surface area contributed by atoms with Crippen molar-refractivity contribution in [3.8, 4) is 11.5 Å². The van der Waals surface area contributed by atoms with Crippen LogP contribution >= 0.6 is 11.3 Å². The topological polar surface area (TPSA) is 66.1 Å². The van der Waals surface area contributed by atoms with Crippen molar-refractivity contribution in [3.05, 3.63) is 46.2 Å². The molecule has 2 heterocycles. The van der Waals surface area contributed by atoms with Crippen molar-refractivity contribution < 1.29 is 14.3 Å². The summed E-state index contributed by atoms with van der Waals surface area (Å²) >= 11 is 1.69. The Labute approximate surface area is 176 Å². The molecule has 1 aliphatic heterocycles. The molecule has 0 radical (unpaired) electrons. The van der Waals surface area contributed by atoms with Crippen LogP contribution in [-0.2, 0) is 6.54 Å². The van der Waals surface area contributed by atoms with E-state index in [4.69, 9.17) is 9.47 Å². The number of rotatable bonds is 8. The first-order chi connectivity index (χ1) is 14.1. The quantitative estimate of drug-likeness (QED) is 0.690. The zero-order valence-corrected chi connectivity index (χ0v) is 18.1. The number of benzene rings is 1. The van der Waals surface area contributed by atoms with Crippen molar-refractivity contribution in [2.45, 2.75) is 12.6 Å². The van der Waals surface area contributed by atoms with Gasteiger partial charge in [-0.3, -0.25) is 4.90 Å². The first-order valence-corrected chi connectivity index (χ1v) is 10.7. The van der Waals surface area contributed by atoms with Gasteiger partial charge >= 0.3 is 6.03 Å². The number of amides is 2. The molecule has 3 rings (SSSR count). The summed E-state index contributed by atoms with van der Waals surface area (Å²) in [7, 11) is 5.36. The minimum atomic E-state index is -0.172. The van der Waals surface area contributed by atoms with E-state index in [-0.39, 0.29) is 12.1 Å². The van der Waals surface area contributed by atoms with Gasteiger partial charge in [-0.05, 0) is 47.1 Å². The van der Waals surface area contributed by atoms with Gasteiger partial charge in [0.05, 0.1) is 20.3 Å². The number of likely N-dealkylation sites (N-methyl/N-ethyl adjacent to an activating group) is 1. The van der Waals surface area contributed by atoms with E-state index in [1.807, 2.05) is 18.2 Å². The van der Waals surface area contributed by atoms with E-state index in [1.54, 1.807) is 25.6 Å². The average molecular weight is 419 g/mol. The molecule has 1 aliphatic rings. The molecule has 158 valence electrons. The van der Waals surface area contributed by atoms with E-state index in [0.717, 1.165) is 31.7 Å². The van der Waals surface area contributed by atoms with Gasteiger partial charge in [-0.1, -0.05) is 6.07 Å². The highest BCUT2D eigenvalue weighted by atomic mass is 32.1. The molecule has 1 fully saturated rings.